The van der Waals surface area contributed by atoms with Gasteiger partial charge in [-0.3, -0.25) is 14.4 Å². The lowest BCUT2D eigenvalue weighted by molar-refractivity contribution is -0.166. The summed E-state index contributed by atoms with van der Waals surface area (Å²) in [5, 5.41) is 0. The molecule has 0 radical (unpaired) electrons. The van der Waals surface area contributed by atoms with Crippen LogP contribution in [-0.4, -0.2) is 37.2 Å². The summed E-state index contributed by atoms with van der Waals surface area (Å²) < 4.78 is 16.8. The number of carbonyl (C=O) groups excluding carboxylic acids is 3. The second-order valence-corrected chi connectivity index (χ2v) is 22.7. The normalized spacial score (nSPS) is 12.6. The molecule has 0 spiro atoms. The molecule has 0 aromatic rings. The monoisotopic (exact) mass is 1100 g/mol. The van der Waals surface area contributed by atoms with E-state index in [1.807, 2.05) is 6.08 Å². The lowest BCUT2D eigenvalue weighted by atomic mass is 10.0. The zero-order valence-corrected chi connectivity index (χ0v) is 52.4. The van der Waals surface area contributed by atoms with E-state index < -0.39 is 12.1 Å². The molecule has 456 valence electrons. The quantitative estimate of drug-likeness (QED) is 0.0261. The van der Waals surface area contributed by atoms with Gasteiger partial charge >= 0.3 is 17.9 Å². The molecule has 0 aromatic carbocycles. The smallest absolute Gasteiger partial charge is 0.306 e. The molecular formula is C73H128O6. The minimum Gasteiger partial charge on any atom is -0.462 e. The molecule has 6 heteroatoms. The minimum atomic E-state index is -0.820. The van der Waals surface area contributed by atoms with Crippen LogP contribution in [0.2, 0.25) is 0 Å². The van der Waals surface area contributed by atoms with Crippen LogP contribution in [0.25, 0.3) is 0 Å². The van der Waals surface area contributed by atoms with Crippen molar-refractivity contribution in [1.82, 2.24) is 0 Å². The Morgan fingerprint density at radius 3 is 0.886 bits per heavy atom. The van der Waals surface area contributed by atoms with Gasteiger partial charge in [-0.1, -0.05) is 311 Å². The minimum absolute atomic E-state index is 0.107. The van der Waals surface area contributed by atoms with E-state index in [2.05, 4.69) is 99.8 Å². The first kappa shape index (κ1) is 75.6. The van der Waals surface area contributed by atoms with Crippen LogP contribution in [0.3, 0.4) is 0 Å². The average molecular weight is 1100 g/mol. The molecule has 0 aliphatic rings. The van der Waals surface area contributed by atoms with Gasteiger partial charge in [-0.05, 0) is 96.3 Å². The number of rotatable bonds is 62. The number of allylic oxidation sites excluding steroid dienone is 14. The van der Waals surface area contributed by atoms with Crippen LogP contribution in [0.1, 0.15) is 342 Å². The van der Waals surface area contributed by atoms with Gasteiger partial charge < -0.3 is 14.2 Å². The standard InChI is InChI=1S/C73H128O6/c1-4-7-10-13-16-19-22-25-26-27-28-29-30-31-32-33-34-35-36-37-38-39-40-41-42-43-44-45-46-49-51-54-57-60-63-66-72(75)78-69-70(79-73(76)67-64-61-58-55-52-48-24-21-18-15-12-9-6-3)68-77-71(74)65-62-59-56-53-50-47-23-20-17-14-11-8-5-2/h9,11-12,14,18,20-21,23,27-28,48,52,58,61,70H,4-8,10,13,15-17,19,22,24-26,29-47,49-51,53-57,59-60,62-69H2,1-3H3/b12-9-,14-11-,21-18-,23-20-,28-27-,52-48-,61-58-. The van der Waals surface area contributed by atoms with E-state index in [0.717, 1.165) is 96.3 Å². The molecule has 0 N–H and O–H groups in total. The first-order valence-electron chi connectivity index (χ1n) is 34.1. The Morgan fingerprint density at radius 1 is 0.266 bits per heavy atom. The van der Waals surface area contributed by atoms with E-state index >= 15 is 0 Å². The average Bonchev–Trinajstić information content (AvgIpc) is 3.45. The number of hydrogen-bond donors (Lipinski definition) is 0. The van der Waals surface area contributed by atoms with Crippen LogP contribution in [0.4, 0.5) is 0 Å². The van der Waals surface area contributed by atoms with E-state index in [9.17, 15) is 14.4 Å². The van der Waals surface area contributed by atoms with Crippen molar-refractivity contribution >= 4 is 17.9 Å². The molecule has 0 heterocycles. The molecule has 0 amide bonds. The summed E-state index contributed by atoms with van der Waals surface area (Å²) in [7, 11) is 0. The van der Waals surface area contributed by atoms with E-state index in [1.165, 1.54) is 199 Å². The highest BCUT2D eigenvalue weighted by atomic mass is 16.6. The Labute approximate surface area is 490 Å². The van der Waals surface area contributed by atoms with Gasteiger partial charge in [0.1, 0.15) is 13.2 Å². The Hall–Kier alpha value is -3.41. The molecular weight excluding hydrogens is 973 g/mol. The Morgan fingerprint density at radius 2 is 0.544 bits per heavy atom. The van der Waals surface area contributed by atoms with Crippen LogP contribution >= 0.6 is 0 Å². The maximum absolute atomic E-state index is 12.8. The number of hydrogen-bond acceptors (Lipinski definition) is 6. The van der Waals surface area contributed by atoms with Crippen molar-refractivity contribution < 1.29 is 28.6 Å². The third-order valence-corrected chi connectivity index (χ3v) is 14.8. The topological polar surface area (TPSA) is 78.9 Å². The molecule has 0 bridgehead atoms. The summed E-state index contributed by atoms with van der Waals surface area (Å²) in [5.41, 5.74) is 0. The fourth-order valence-corrected chi connectivity index (χ4v) is 9.79. The maximum atomic E-state index is 12.8. The molecule has 0 fully saturated rings. The van der Waals surface area contributed by atoms with Crippen LogP contribution in [-0.2, 0) is 28.6 Å². The number of carbonyl (C=O) groups is 3. The van der Waals surface area contributed by atoms with Gasteiger partial charge in [0.25, 0.3) is 0 Å². The molecule has 0 aromatic heterocycles. The van der Waals surface area contributed by atoms with Crippen molar-refractivity contribution in [3.05, 3.63) is 85.1 Å². The van der Waals surface area contributed by atoms with Crippen molar-refractivity contribution in [3.63, 3.8) is 0 Å². The third kappa shape index (κ3) is 65.3. The second kappa shape index (κ2) is 67.1. The van der Waals surface area contributed by atoms with E-state index in [1.54, 1.807) is 0 Å². The number of esters is 3. The molecule has 1 atom stereocenters. The highest BCUT2D eigenvalue weighted by Gasteiger charge is 2.19. The molecule has 0 aliphatic heterocycles. The van der Waals surface area contributed by atoms with Crippen molar-refractivity contribution in [2.45, 2.75) is 348 Å². The molecule has 0 saturated heterocycles. The largest absolute Gasteiger partial charge is 0.462 e. The van der Waals surface area contributed by atoms with E-state index in [4.69, 9.17) is 14.2 Å². The molecule has 0 aliphatic carbocycles. The summed E-state index contributed by atoms with van der Waals surface area (Å²) in [5.74, 6) is -0.994. The summed E-state index contributed by atoms with van der Waals surface area (Å²) >= 11 is 0. The first-order valence-corrected chi connectivity index (χ1v) is 34.1. The second-order valence-electron chi connectivity index (χ2n) is 22.7. The predicted octanol–water partition coefficient (Wildman–Crippen LogP) is 23.4. The van der Waals surface area contributed by atoms with Crippen molar-refractivity contribution in [2.75, 3.05) is 13.2 Å². The molecule has 0 saturated carbocycles. The van der Waals surface area contributed by atoms with Gasteiger partial charge in [0.05, 0.1) is 0 Å². The van der Waals surface area contributed by atoms with Crippen molar-refractivity contribution in [3.8, 4) is 0 Å². The maximum Gasteiger partial charge on any atom is 0.306 e. The first-order chi connectivity index (χ1) is 39.0. The fraction of sp³-hybridized carbons (Fsp3) is 0.767. The van der Waals surface area contributed by atoms with Crippen molar-refractivity contribution in [1.29, 1.82) is 0 Å². The lowest BCUT2D eigenvalue weighted by Gasteiger charge is -2.18. The highest BCUT2D eigenvalue weighted by molar-refractivity contribution is 5.71. The SMILES string of the molecule is CC/C=C\C/C=C\C/C=C\C/C=C\CCC(=O)OC(COC(=O)CCCCCCC/C=C\C/C=C\CCC)COC(=O)CCCCCCCCCCCCCCCCCCCCCCCCC/C=C\CCCCCCCCCC. The van der Waals surface area contributed by atoms with Crippen LogP contribution < -0.4 is 0 Å². The Balaban J connectivity index is 4.07. The molecule has 6 nitrogen and oxygen atoms in total. The van der Waals surface area contributed by atoms with E-state index in [0.29, 0.717) is 19.3 Å². The van der Waals surface area contributed by atoms with Crippen molar-refractivity contribution in [2.24, 2.45) is 0 Å². The van der Waals surface area contributed by atoms with Gasteiger partial charge in [0.15, 0.2) is 6.10 Å². The summed E-state index contributed by atoms with van der Waals surface area (Å²) in [6.45, 7) is 6.41. The Bertz CT molecular complexity index is 1500. The molecule has 0 rings (SSSR count). The summed E-state index contributed by atoms with van der Waals surface area (Å²) in [4.78, 5) is 38.2. The van der Waals surface area contributed by atoms with Gasteiger partial charge in [0.2, 0.25) is 0 Å². The zero-order chi connectivity index (χ0) is 57.1. The van der Waals surface area contributed by atoms with Gasteiger partial charge in [-0.25, -0.2) is 0 Å². The lowest BCUT2D eigenvalue weighted by Crippen LogP contribution is -2.30. The fourth-order valence-electron chi connectivity index (χ4n) is 9.79. The predicted molar refractivity (Wildman–Crippen MR) is 344 cm³/mol. The number of unbranched alkanes of at least 4 members (excludes halogenated alkanes) is 37. The number of ether oxygens (including phenoxy) is 3. The highest BCUT2D eigenvalue weighted by Crippen LogP contribution is 2.18. The van der Waals surface area contributed by atoms with Gasteiger partial charge in [-0.2, -0.15) is 0 Å². The summed E-state index contributed by atoms with van der Waals surface area (Å²) in [6.07, 6.45) is 89.5. The van der Waals surface area contributed by atoms with Crippen LogP contribution in [0.15, 0.2) is 85.1 Å². The third-order valence-electron chi connectivity index (χ3n) is 14.8. The van der Waals surface area contributed by atoms with Crippen LogP contribution in [0.5, 0.6) is 0 Å². The van der Waals surface area contributed by atoms with E-state index in [-0.39, 0.29) is 31.6 Å². The molecule has 1 unspecified atom stereocenters. The summed E-state index contributed by atoms with van der Waals surface area (Å²) in [6, 6.07) is 0. The van der Waals surface area contributed by atoms with Crippen LogP contribution in [0, 0.1) is 0 Å². The van der Waals surface area contributed by atoms with Gasteiger partial charge in [-0.15, -0.1) is 0 Å². The Kier molecular flexibility index (Phi) is 64.2. The zero-order valence-electron chi connectivity index (χ0n) is 52.4. The molecule has 79 heavy (non-hydrogen) atoms. The van der Waals surface area contributed by atoms with Gasteiger partial charge in [0, 0.05) is 19.3 Å².